The van der Waals surface area contributed by atoms with Crippen LogP contribution >= 0.6 is 0 Å². The standard InChI is InChI=1S/C24H33N5O4/c1-6-32-14-18(28-23(31)33-24(3,4)5)13-25-19-11-16-12-26-22(30)20(16)21(29-19)27-17-9-7-8-15(2)10-17/h7-11,18H,6,12-14H2,1-5H3,(H,26,30)(H,28,31)(H2,25,27,29). The minimum absolute atomic E-state index is 0.153. The Morgan fingerprint density at radius 3 is 2.76 bits per heavy atom. The van der Waals surface area contributed by atoms with Crippen LogP contribution in [0.1, 0.15) is 49.2 Å². The van der Waals surface area contributed by atoms with Crippen LogP contribution in [0.2, 0.25) is 0 Å². The number of hydrogen-bond donors (Lipinski definition) is 4. The zero-order valence-corrected chi connectivity index (χ0v) is 19.9. The zero-order chi connectivity index (χ0) is 24.0. The first kappa shape index (κ1) is 24.3. The number of alkyl carbamates (subject to hydrolysis) is 1. The van der Waals surface area contributed by atoms with Crippen LogP contribution in [0.15, 0.2) is 30.3 Å². The second-order valence-corrected chi connectivity index (χ2v) is 8.95. The maximum atomic E-state index is 12.4. The van der Waals surface area contributed by atoms with Gasteiger partial charge in [0, 0.05) is 25.4 Å². The zero-order valence-electron chi connectivity index (χ0n) is 19.9. The van der Waals surface area contributed by atoms with Gasteiger partial charge < -0.3 is 30.7 Å². The molecular formula is C24H33N5O4. The first-order valence-corrected chi connectivity index (χ1v) is 11.1. The Kier molecular flexibility index (Phi) is 7.75. The number of aryl methyl sites for hydroxylation is 1. The number of nitrogens with zero attached hydrogens (tertiary/aromatic N) is 1. The van der Waals surface area contributed by atoms with E-state index in [9.17, 15) is 9.59 Å². The molecule has 1 unspecified atom stereocenters. The molecule has 178 valence electrons. The van der Waals surface area contributed by atoms with Crippen LogP contribution in [0.4, 0.5) is 22.1 Å². The number of carbonyl (C=O) groups excluding carboxylic acids is 2. The van der Waals surface area contributed by atoms with Crippen LogP contribution in [-0.2, 0) is 16.0 Å². The second kappa shape index (κ2) is 10.5. The van der Waals surface area contributed by atoms with Crippen molar-refractivity contribution in [2.24, 2.45) is 0 Å². The van der Waals surface area contributed by atoms with E-state index < -0.39 is 11.7 Å². The van der Waals surface area contributed by atoms with E-state index in [1.807, 2.05) is 65.0 Å². The number of pyridine rings is 1. The highest BCUT2D eigenvalue weighted by Crippen LogP contribution is 2.28. The van der Waals surface area contributed by atoms with Gasteiger partial charge in [0.1, 0.15) is 17.2 Å². The van der Waals surface area contributed by atoms with Crippen molar-refractivity contribution >= 4 is 29.3 Å². The van der Waals surface area contributed by atoms with Crippen molar-refractivity contribution in [3.05, 3.63) is 47.0 Å². The summed E-state index contributed by atoms with van der Waals surface area (Å²) < 4.78 is 10.9. The fourth-order valence-corrected chi connectivity index (χ4v) is 3.41. The first-order chi connectivity index (χ1) is 15.6. The molecule has 4 N–H and O–H groups in total. The minimum Gasteiger partial charge on any atom is -0.444 e. The predicted molar refractivity (Wildman–Crippen MR) is 128 cm³/mol. The third-order valence-corrected chi connectivity index (χ3v) is 4.82. The molecular weight excluding hydrogens is 422 g/mol. The Labute approximate surface area is 194 Å². The van der Waals surface area contributed by atoms with Gasteiger partial charge in [-0.25, -0.2) is 9.78 Å². The van der Waals surface area contributed by atoms with Crippen molar-refractivity contribution in [1.29, 1.82) is 0 Å². The van der Waals surface area contributed by atoms with Crippen molar-refractivity contribution < 1.29 is 19.1 Å². The van der Waals surface area contributed by atoms with Gasteiger partial charge in [0.05, 0.1) is 18.2 Å². The topological polar surface area (TPSA) is 114 Å². The molecule has 0 saturated carbocycles. The van der Waals surface area contributed by atoms with Crippen LogP contribution in [0.3, 0.4) is 0 Å². The highest BCUT2D eigenvalue weighted by Gasteiger charge is 2.26. The molecule has 1 aromatic carbocycles. The number of benzene rings is 1. The predicted octanol–water partition coefficient (Wildman–Crippen LogP) is 3.72. The van der Waals surface area contributed by atoms with Crippen molar-refractivity contribution in [3.63, 3.8) is 0 Å². The third-order valence-electron chi connectivity index (χ3n) is 4.82. The Hall–Kier alpha value is -3.33. The van der Waals surface area contributed by atoms with E-state index in [4.69, 9.17) is 9.47 Å². The molecule has 1 atom stereocenters. The number of anilines is 3. The van der Waals surface area contributed by atoms with E-state index in [1.54, 1.807) is 0 Å². The number of rotatable bonds is 9. The van der Waals surface area contributed by atoms with Crippen LogP contribution in [0.25, 0.3) is 0 Å². The molecule has 1 aliphatic heterocycles. The number of amides is 2. The maximum absolute atomic E-state index is 12.4. The summed E-state index contributed by atoms with van der Waals surface area (Å²) in [5.41, 5.74) is 2.75. The Morgan fingerprint density at radius 2 is 2.06 bits per heavy atom. The lowest BCUT2D eigenvalue weighted by atomic mass is 10.1. The molecule has 0 spiro atoms. The molecule has 0 aliphatic carbocycles. The number of ether oxygens (including phenoxy) is 2. The third kappa shape index (κ3) is 7.08. The summed E-state index contributed by atoms with van der Waals surface area (Å²) in [6.45, 7) is 11.0. The first-order valence-electron chi connectivity index (χ1n) is 11.1. The molecule has 0 saturated heterocycles. The van der Waals surface area contributed by atoms with Crippen LogP contribution in [0.5, 0.6) is 0 Å². The van der Waals surface area contributed by atoms with Crippen LogP contribution in [0, 0.1) is 6.92 Å². The lowest BCUT2D eigenvalue weighted by molar-refractivity contribution is 0.0456. The van der Waals surface area contributed by atoms with E-state index in [2.05, 4.69) is 26.3 Å². The highest BCUT2D eigenvalue weighted by atomic mass is 16.6. The summed E-state index contributed by atoms with van der Waals surface area (Å²) in [6, 6.07) is 9.38. The monoisotopic (exact) mass is 455 g/mol. The second-order valence-electron chi connectivity index (χ2n) is 8.95. The van der Waals surface area contributed by atoms with Crippen LogP contribution < -0.4 is 21.3 Å². The summed E-state index contributed by atoms with van der Waals surface area (Å²) in [5, 5.41) is 12.2. The van der Waals surface area contributed by atoms with Gasteiger partial charge in [-0.15, -0.1) is 0 Å². The molecule has 1 aromatic heterocycles. The molecule has 0 radical (unpaired) electrons. The largest absolute Gasteiger partial charge is 0.444 e. The SMILES string of the molecule is CCOCC(CNc1cc2c(c(Nc3cccc(C)c3)n1)C(=O)NC2)NC(=O)OC(C)(C)C. The number of aromatic nitrogens is 1. The average Bonchev–Trinajstić information content (AvgIpc) is 3.09. The summed E-state index contributed by atoms with van der Waals surface area (Å²) in [5.74, 6) is 0.921. The molecule has 0 fully saturated rings. The Balaban J connectivity index is 1.76. The Bertz CT molecular complexity index is 1000. The van der Waals surface area contributed by atoms with Gasteiger partial charge in [0.25, 0.3) is 5.91 Å². The summed E-state index contributed by atoms with van der Waals surface area (Å²) in [7, 11) is 0. The van der Waals surface area contributed by atoms with Gasteiger partial charge in [0.2, 0.25) is 0 Å². The molecule has 9 nitrogen and oxygen atoms in total. The van der Waals surface area contributed by atoms with E-state index in [-0.39, 0.29) is 11.9 Å². The highest BCUT2D eigenvalue weighted by molar-refractivity contribution is 6.03. The molecule has 0 bridgehead atoms. The average molecular weight is 456 g/mol. The Morgan fingerprint density at radius 1 is 1.27 bits per heavy atom. The number of carbonyl (C=O) groups is 2. The van der Waals surface area contributed by atoms with Gasteiger partial charge in [-0.3, -0.25) is 4.79 Å². The van der Waals surface area contributed by atoms with Crippen molar-refractivity contribution in [2.45, 2.75) is 52.8 Å². The lowest BCUT2D eigenvalue weighted by Crippen LogP contribution is -2.45. The smallest absolute Gasteiger partial charge is 0.408 e. The fraction of sp³-hybridized carbons (Fsp3) is 0.458. The quantitative estimate of drug-likeness (QED) is 0.456. The molecule has 2 amide bonds. The minimum atomic E-state index is -0.592. The van der Waals surface area contributed by atoms with Gasteiger partial charge >= 0.3 is 6.09 Å². The maximum Gasteiger partial charge on any atom is 0.408 e. The molecule has 2 heterocycles. The summed E-state index contributed by atoms with van der Waals surface area (Å²) in [4.78, 5) is 29.3. The van der Waals surface area contributed by atoms with Gasteiger partial charge in [-0.2, -0.15) is 0 Å². The molecule has 33 heavy (non-hydrogen) atoms. The van der Waals surface area contributed by atoms with Crippen molar-refractivity contribution in [3.8, 4) is 0 Å². The number of nitrogens with one attached hydrogen (secondary N) is 4. The molecule has 2 aromatic rings. The van der Waals surface area contributed by atoms with Gasteiger partial charge in [-0.1, -0.05) is 12.1 Å². The van der Waals surface area contributed by atoms with E-state index in [0.29, 0.717) is 43.5 Å². The molecule has 1 aliphatic rings. The summed E-state index contributed by atoms with van der Waals surface area (Å²) in [6.07, 6.45) is -0.507. The number of fused-ring (bicyclic) bond motifs is 1. The van der Waals surface area contributed by atoms with E-state index >= 15 is 0 Å². The van der Waals surface area contributed by atoms with E-state index in [0.717, 1.165) is 16.8 Å². The van der Waals surface area contributed by atoms with Crippen LogP contribution in [-0.4, -0.2) is 48.4 Å². The molecule has 9 heteroatoms. The lowest BCUT2D eigenvalue weighted by Gasteiger charge is -2.24. The molecule has 3 rings (SSSR count). The van der Waals surface area contributed by atoms with Gasteiger partial charge in [-0.05, 0) is 63.9 Å². The summed E-state index contributed by atoms with van der Waals surface area (Å²) >= 11 is 0. The van der Waals surface area contributed by atoms with Crippen molar-refractivity contribution in [1.82, 2.24) is 15.6 Å². The normalized spacial score (nSPS) is 13.7. The van der Waals surface area contributed by atoms with E-state index in [1.165, 1.54) is 0 Å². The van der Waals surface area contributed by atoms with Crippen molar-refractivity contribution in [2.75, 3.05) is 30.4 Å². The number of hydrogen-bond acceptors (Lipinski definition) is 7. The van der Waals surface area contributed by atoms with Gasteiger partial charge in [0.15, 0.2) is 0 Å². The fourth-order valence-electron chi connectivity index (χ4n) is 3.41.